The molecule has 1 atom stereocenters. The van der Waals surface area contributed by atoms with Crippen LogP contribution in [-0.4, -0.2) is 54.5 Å². The highest BCUT2D eigenvalue weighted by atomic mass is 19.1. The van der Waals surface area contributed by atoms with Gasteiger partial charge in [0, 0.05) is 31.3 Å². The number of aromatic hydroxyl groups is 1. The lowest BCUT2D eigenvalue weighted by Gasteiger charge is -2.36. The molecule has 4 aromatic rings. The molecule has 1 saturated heterocycles. The van der Waals surface area contributed by atoms with E-state index in [0.29, 0.717) is 41.3 Å². The monoisotopic (exact) mass is 478 g/mol. The minimum absolute atomic E-state index is 0.0298. The van der Waals surface area contributed by atoms with Crippen LogP contribution in [0.1, 0.15) is 12.5 Å². The van der Waals surface area contributed by atoms with Crippen LogP contribution in [-0.2, 0) is 6.42 Å². The molecule has 35 heavy (non-hydrogen) atoms. The number of fused-ring (bicyclic) bond motifs is 3. The molecule has 2 N–H and O–H groups in total. The smallest absolute Gasteiger partial charge is 0.225 e. The van der Waals surface area contributed by atoms with Crippen molar-refractivity contribution in [3.8, 4) is 28.8 Å². The molecule has 0 amide bonds. The first kappa shape index (κ1) is 21.8. The Hall–Kier alpha value is -3.72. The Morgan fingerprint density at radius 2 is 2.06 bits per heavy atom. The lowest BCUT2D eigenvalue weighted by atomic mass is 9.94. The zero-order valence-electron chi connectivity index (χ0n) is 19.4. The number of phenolic OH excluding ortho intramolecular Hbond substituents is 1. The van der Waals surface area contributed by atoms with Crippen LogP contribution in [0.3, 0.4) is 0 Å². The van der Waals surface area contributed by atoms with Crippen molar-refractivity contribution in [3.63, 3.8) is 0 Å². The number of benzene rings is 2. The predicted molar refractivity (Wildman–Crippen MR) is 129 cm³/mol. The van der Waals surface area contributed by atoms with Gasteiger partial charge in [-0.2, -0.15) is 0 Å². The normalized spacial score (nSPS) is 17.3. The first-order valence-corrected chi connectivity index (χ1v) is 11.6. The number of phenols is 1. The molecule has 2 aromatic heterocycles. The summed E-state index contributed by atoms with van der Waals surface area (Å²) < 4.78 is 42.6. The third kappa shape index (κ3) is 3.33. The Bertz CT molecular complexity index is 1490. The van der Waals surface area contributed by atoms with Crippen molar-refractivity contribution in [2.24, 2.45) is 0 Å². The van der Waals surface area contributed by atoms with E-state index < -0.39 is 11.6 Å². The molecule has 0 aliphatic carbocycles. The second-order valence-corrected chi connectivity index (χ2v) is 8.82. The van der Waals surface area contributed by atoms with E-state index in [1.807, 2.05) is 6.92 Å². The summed E-state index contributed by atoms with van der Waals surface area (Å²) in [6.07, 6.45) is 0.388. The van der Waals surface area contributed by atoms with Gasteiger partial charge in [-0.25, -0.2) is 18.7 Å². The number of methoxy groups -OCH3 is 1. The molecule has 0 bridgehead atoms. The number of piperazine rings is 1. The number of pyridine rings is 2. The number of aryl methyl sites for hydroxylation is 1. The Morgan fingerprint density at radius 3 is 2.86 bits per heavy atom. The molecule has 180 valence electrons. The third-order valence-electron chi connectivity index (χ3n) is 6.86. The quantitative estimate of drug-likeness (QED) is 0.457. The van der Waals surface area contributed by atoms with Crippen LogP contribution >= 0.6 is 0 Å². The van der Waals surface area contributed by atoms with E-state index in [4.69, 9.17) is 9.47 Å². The number of halogens is 2. The standard InChI is InChI=1S/C26H24F2N4O3/c1-3-16-18(27)5-4-13-8-15(33)9-17(21(13)16)24-23(28)25-22-19(10-20(30-25)34-2)32-7-6-29-11-14(32)12-35-26(22)31-24/h4-5,8-10,14,29,33H,3,6-7,11-12H2,1-2H3/t14-/m0/s1. The number of nitrogens with one attached hydrogen (secondary N) is 1. The Balaban J connectivity index is 1.70. The van der Waals surface area contributed by atoms with E-state index in [1.54, 1.807) is 12.1 Å². The summed E-state index contributed by atoms with van der Waals surface area (Å²) >= 11 is 0. The SMILES string of the molecule is CCc1c(F)ccc2cc(O)cc(-c3nc4c5c(cc(OC)nc5c3F)N3CCNC[C@H]3CO4)c12. The van der Waals surface area contributed by atoms with Gasteiger partial charge >= 0.3 is 0 Å². The van der Waals surface area contributed by atoms with Crippen molar-refractivity contribution in [2.75, 3.05) is 38.3 Å². The Labute approximate surface area is 200 Å². The van der Waals surface area contributed by atoms with Crippen molar-refractivity contribution in [1.82, 2.24) is 15.3 Å². The second kappa shape index (κ2) is 8.20. The number of anilines is 1. The van der Waals surface area contributed by atoms with Gasteiger partial charge in [0.2, 0.25) is 11.8 Å². The fraction of sp³-hybridized carbons (Fsp3) is 0.308. The summed E-state index contributed by atoms with van der Waals surface area (Å²) in [6, 6.07) is 7.69. The van der Waals surface area contributed by atoms with Crippen LogP contribution in [0.2, 0.25) is 0 Å². The van der Waals surface area contributed by atoms with Crippen LogP contribution < -0.4 is 19.7 Å². The average Bonchev–Trinajstić information content (AvgIpc) is 3.03. The summed E-state index contributed by atoms with van der Waals surface area (Å²) in [6.45, 7) is 4.40. The number of hydrogen-bond acceptors (Lipinski definition) is 7. The molecular formula is C26H24F2N4O3. The highest BCUT2D eigenvalue weighted by Crippen LogP contribution is 2.44. The topological polar surface area (TPSA) is 79.7 Å². The van der Waals surface area contributed by atoms with Gasteiger partial charge in [0.15, 0.2) is 5.82 Å². The Kier molecular flexibility index (Phi) is 5.10. The van der Waals surface area contributed by atoms with Crippen LogP contribution in [0.5, 0.6) is 17.5 Å². The van der Waals surface area contributed by atoms with Crippen molar-refractivity contribution in [3.05, 3.63) is 47.5 Å². The fourth-order valence-electron chi connectivity index (χ4n) is 5.25. The van der Waals surface area contributed by atoms with Crippen LogP contribution in [0.4, 0.5) is 14.5 Å². The average molecular weight is 478 g/mol. The van der Waals surface area contributed by atoms with E-state index in [2.05, 4.69) is 20.2 Å². The van der Waals surface area contributed by atoms with Crippen molar-refractivity contribution < 1.29 is 23.4 Å². The number of aromatic nitrogens is 2. The summed E-state index contributed by atoms with van der Waals surface area (Å²) in [4.78, 5) is 11.2. The predicted octanol–water partition coefficient (Wildman–Crippen LogP) is 4.18. The van der Waals surface area contributed by atoms with Gasteiger partial charge in [-0.1, -0.05) is 13.0 Å². The molecule has 0 spiro atoms. The molecule has 1 fully saturated rings. The lowest BCUT2D eigenvalue weighted by molar-refractivity contribution is 0.266. The van der Waals surface area contributed by atoms with Gasteiger partial charge in [0.25, 0.3) is 0 Å². The molecule has 6 rings (SSSR count). The maximum Gasteiger partial charge on any atom is 0.225 e. The maximum atomic E-state index is 16.3. The molecule has 2 aromatic carbocycles. The van der Waals surface area contributed by atoms with E-state index in [-0.39, 0.29) is 40.3 Å². The van der Waals surface area contributed by atoms with E-state index in [0.717, 1.165) is 18.8 Å². The van der Waals surface area contributed by atoms with Gasteiger partial charge in [0.05, 0.1) is 24.2 Å². The molecule has 9 heteroatoms. The maximum absolute atomic E-state index is 16.3. The molecular weight excluding hydrogens is 454 g/mol. The van der Waals surface area contributed by atoms with Crippen molar-refractivity contribution >= 4 is 27.4 Å². The van der Waals surface area contributed by atoms with Crippen LogP contribution in [0.15, 0.2) is 30.3 Å². The van der Waals surface area contributed by atoms with Gasteiger partial charge in [-0.15, -0.1) is 0 Å². The van der Waals surface area contributed by atoms with E-state index in [1.165, 1.54) is 25.3 Å². The molecule has 0 saturated carbocycles. The molecule has 7 nitrogen and oxygen atoms in total. The zero-order valence-corrected chi connectivity index (χ0v) is 19.4. The largest absolute Gasteiger partial charge is 0.508 e. The number of nitrogens with zero attached hydrogens (tertiary/aromatic N) is 3. The number of hydrogen-bond donors (Lipinski definition) is 2. The summed E-state index contributed by atoms with van der Waals surface area (Å²) in [7, 11) is 1.49. The van der Waals surface area contributed by atoms with Gasteiger partial charge in [0.1, 0.15) is 29.4 Å². The highest BCUT2D eigenvalue weighted by molar-refractivity contribution is 6.04. The van der Waals surface area contributed by atoms with E-state index in [9.17, 15) is 9.50 Å². The summed E-state index contributed by atoms with van der Waals surface area (Å²) in [5.41, 5.74) is 1.46. The summed E-state index contributed by atoms with van der Waals surface area (Å²) in [5, 5.41) is 15.4. The Morgan fingerprint density at radius 1 is 1.20 bits per heavy atom. The second-order valence-electron chi connectivity index (χ2n) is 8.82. The fourth-order valence-corrected chi connectivity index (χ4v) is 5.25. The third-order valence-corrected chi connectivity index (χ3v) is 6.86. The van der Waals surface area contributed by atoms with Crippen LogP contribution in [0, 0.1) is 11.6 Å². The lowest BCUT2D eigenvalue weighted by Crippen LogP contribution is -2.53. The molecule has 2 aliphatic rings. The van der Waals surface area contributed by atoms with Crippen molar-refractivity contribution in [2.45, 2.75) is 19.4 Å². The molecule has 0 radical (unpaired) electrons. The van der Waals surface area contributed by atoms with Gasteiger partial charge in [-0.05, 0) is 41.0 Å². The molecule has 2 aliphatic heterocycles. The molecule has 0 unspecified atom stereocenters. The molecule has 4 heterocycles. The van der Waals surface area contributed by atoms with Gasteiger partial charge in [-0.3, -0.25) is 0 Å². The minimum atomic E-state index is -0.681. The zero-order chi connectivity index (χ0) is 24.3. The summed E-state index contributed by atoms with van der Waals surface area (Å²) in [5.74, 6) is -0.623. The van der Waals surface area contributed by atoms with Gasteiger partial charge < -0.3 is 24.8 Å². The van der Waals surface area contributed by atoms with Crippen LogP contribution in [0.25, 0.3) is 32.9 Å². The van der Waals surface area contributed by atoms with Crippen molar-refractivity contribution in [1.29, 1.82) is 0 Å². The first-order valence-electron chi connectivity index (χ1n) is 11.6. The minimum Gasteiger partial charge on any atom is -0.508 e. The number of ether oxygens (including phenoxy) is 2. The highest BCUT2D eigenvalue weighted by Gasteiger charge is 2.33. The first-order chi connectivity index (χ1) is 17.0. The van der Waals surface area contributed by atoms with E-state index >= 15 is 4.39 Å². The number of rotatable bonds is 3.